The fourth-order valence-corrected chi connectivity index (χ4v) is 4.90. The highest BCUT2D eigenvalue weighted by Crippen LogP contribution is 2.34. The molecule has 1 aliphatic heterocycles. The fourth-order valence-electron chi connectivity index (χ4n) is 4.90. The van der Waals surface area contributed by atoms with E-state index in [9.17, 15) is 23.9 Å². The Morgan fingerprint density at radius 1 is 1.05 bits per heavy atom. The van der Waals surface area contributed by atoms with Crippen molar-refractivity contribution in [3.63, 3.8) is 0 Å². The Hall–Kier alpha value is -3.66. The molecule has 0 spiro atoms. The molecule has 1 heterocycles. The Labute approximate surface area is 234 Å². The standard InChI is InChI=1S/C30H39FN4O5/c1-18-17-33-27(21-11-12-21)30(39)35(3)19(2)28(37)34-24(16-20-9-13-22(31)14-10-20)29(38)32-15-5-6-23-25(36)7-4-8-26(23)40-18/h4,7-10,13-14,18-19,21,24,27,33,36H,5-6,11-12,15-17H2,1-3H3,(H,32,38)(H,34,37)/t18-,19-,24-,27+/m1/s1. The molecule has 40 heavy (non-hydrogen) atoms. The number of fused-ring (bicyclic) bond motifs is 1. The van der Waals surface area contributed by atoms with Gasteiger partial charge in [0.1, 0.15) is 35.5 Å². The smallest absolute Gasteiger partial charge is 0.243 e. The van der Waals surface area contributed by atoms with Crippen LogP contribution in [0.5, 0.6) is 11.5 Å². The second kappa shape index (κ2) is 13.1. The minimum Gasteiger partial charge on any atom is -0.508 e. The highest BCUT2D eigenvalue weighted by molar-refractivity contribution is 5.93. The van der Waals surface area contributed by atoms with Crippen molar-refractivity contribution in [1.29, 1.82) is 0 Å². The predicted octanol–water partition coefficient (Wildman–Crippen LogP) is 2.30. The van der Waals surface area contributed by atoms with Crippen LogP contribution in [0, 0.1) is 11.7 Å². The highest BCUT2D eigenvalue weighted by atomic mass is 19.1. The number of phenolic OH excluding ortho intramolecular Hbond substituents is 1. The average molecular weight is 555 g/mol. The van der Waals surface area contributed by atoms with E-state index < -0.39 is 29.8 Å². The normalized spacial score (nSPS) is 25.6. The van der Waals surface area contributed by atoms with Crippen molar-refractivity contribution in [3.8, 4) is 11.5 Å². The molecule has 2 aromatic carbocycles. The van der Waals surface area contributed by atoms with Crippen LogP contribution in [0.1, 0.15) is 44.2 Å². The number of halogens is 1. The predicted molar refractivity (Wildman–Crippen MR) is 148 cm³/mol. The van der Waals surface area contributed by atoms with Gasteiger partial charge < -0.3 is 30.7 Å². The third kappa shape index (κ3) is 7.50. The topological polar surface area (TPSA) is 120 Å². The van der Waals surface area contributed by atoms with Gasteiger partial charge in [-0.05, 0) is 75.3 Å². The molecule has 216 valence electrons. The molecule has 0 bridgehead atoms. The highest BCUT2D eigenvalue weighted by Gasteiger charge is 2.39. The fraction of sp³-hybridized carbons (Fsp3) is 0.500. The summed E-state index contributed by atoms with van der Waals surface area (Å²) < 4.78 is 19.6. The zero-order chi connectivity index (χ0) is 28.8. The number of rotatable bonds is 3. The molecule has 3 amide bonds. The largest absolute Gasteiger partial charge is 0.508 e. The van der Waals surface area contributed by atoms with Crippen LogP contribution in [0.25, 0.3) is 0 Å². The molecule has 9 nitrogen and oxygen atoms in total. The van der Waals surface area contributed by atoms with E-state index in [0.29, 0.717) is 42.8 Å². The maximum atomic E-state index is 13.5. The Balaban J connectivity index is 1.58. The zero-order valence-electron chi connectivity index (χ0n) is 23.3. The van der Waals surface area contributed by atoms with E-state index in [4.69, 9.17) is 4.74 Å². The van der Waals surface area contributed by atoms with Crippen LogP contribution in [0.3, 0.4) is 0 Å². The summed E-state index contributed by atoms with van der Waals surface area (Å²) in [5.74, 6) is -0.585. The van der Waals surface area contributed by atoms with Gasteiger partial charge in [0.05, 0.1) is 6.04 Å². The van der Waals surface area contributed by atoms with Crippen LogP contribution >= 0.6 is 0 Å². The van der Waals surface area contributed by atoms with Crippen LogP contribution in [-0.2, 0) is 27.2 Å². The first-order valence-corrected chi connectivity index (χ1v) is 13.9. The minimum atomic E-state index is -0.926. The van der Waals surface area contributed by atoms with E-state index >= 15 is 0 Å². The average Bonchev–Trinajstić information content (AvgIpc) is 3.77. The van der Waals surface area contributed by atoms with E-state index in [0.717, 1.165) is 12.8 Å². The molecule has 4 N–H and O–H groups in total. The van der Waals surface area contributed by atoms with Crippen LogP contribution in [0.2, 0.25) is 0 Å². The number of carbonyl (C=O) groups excluding carboxylic acids is 3. The summed E-state index contributed by atoms with van der Waals surface area (Å²) in [5, 5.41) is 19.5. The molecule has 1 fully saturated rings. The molecule has 2 aliphatic rings. The van der Waals surface area contributed by atoms with Crippen molar-refractivity contribution >= 4 is 17.7 Å². The molecule has 4 atom stereocenters. The van der Waals surface area contributed by atoms with Crippen molar-refractivity contribution in [2.75, 3.05) is 20.1 Å². The SMILES string of the molecule is C[C@@H]1CN[C@@H](C2CC2)C(=O)N(C)[C@H](C)C(=O)N[C@H](Cc2ccc(F)cc2)C(=O)NCCCc2c(O)cccc2O1. The quantitative estimate of drug-likeness (QED) is 0.462. The van der Waals surface area contributed by atoms with Crippen LogP contribution in [-0.4, -0.2) is 72.1 Å². The third-order valence-electron chi connectivity index (χ3n) is 7.62. The second-order valence-electron chi connectivity index (χ2n) is 10.8. The number of nitrogens with zero attached hydrogens (tertiary/aromatic N) is 1. The number of likely N-dealkylation sites (N-methyl/N-ethyl adjacent to an activating group) is 1. The van der Waals surface area contributed by atoms with E-state index in [1.165, 1.54) is 17.0 Å². The summed E-state index contributed by atoms with van der Waals surface area (Å²) in [7, 11) is 1.59. The number of ether oxygens (including phenoxy) is 1. The first-order valence-electron chi connectivity index (χ1n) is 13.9. The number of carbonyl (C=O) groups is 3. The lowest BCUT2D eigenvalue weighted by Crippen LogP contribution is -2.57. The summed E-state index contributed by atoms with van der Waals surface area (Å²) in [5.41, 5.74) is 1.33. The molecule has 2 aromatic rings. The minimum absolute atomic E-state index is 0.112. The van der Waals surface area contributed by atoms with Gasteiger partial charge in [-0.15, -0.1) is 0 Å². The Bertz CT molecular complexity index is 1200. The molecule has 0 radical (unpaired) electrons. The lowest BCUT2D eigenvalue weighted by molar-refractivity contribution is -0.141. The monoisotopic (exact) mass is 554 g/mol. The van der Waals surface area contributed by atoms with Crippen molar-refractivity contribution in [2.24, 2.45) is 5.92 Å². The van der Waals surface area contributed by atoms with Gasteiger partial charge >= 0.3 is 0 Å². The van der Waals surface area contributed by atoms with Crippen LogP contribution in [0.4, 0.5) is 4.39 Å². The number of aromatic hydroxyl groups is 1. The van der Waals surface area contributed by atoms with Gasteiger partial charge in [0, 0.05) is 32.1 Å². The van der Waals surface area contributed by atoms with Crippen LogP contribution in [0.15, 0.2) is 42.5 Å². The van der Waals surface area contributed by atoms with Gasteiger partial charge in [-0.2, -0.15) is 0 Å². The first kappa shape index (κ1) is 29.3. The molecule has 10 heteroatoms. The van der Waals surface area contributed by atoms with Gasteiger partial charge in [0.15, 0.2) is 0 Å². The molecule has 4 rings (SSSR count). The van der Waals surface area contributed by atoms with E-state index in [-0.39, 0.29) is 36.0 Å². The molecule has 0 aromatic heterocycles. The van der Waals surface area contributed by atoms with E-state index in [1.807, 2.05) is 6.92 Å². The van der Waals surface area contributed by atoms with E-state index in [1.54, 1.807) is 44.3 Å². The number of hydrogen-bond donors (Lipinski definition) is 4. The molecule has 1 aliphatic carbocycles. The third-order valence-corrected chi connectivity index (χ3v) is 7.62. The molecule has 0 unspecified atom stereocenters. The van der Waals surface area contributed by atoms with Crippen molar-refractivity contribution in [2.45, 2.75) is 70.2 Å². The summed E-state index contributed by atoms with van der Waals surface area (Å²) >= 11 is 0. The maximum absolute atomic E-state index is 13.5. The first-order chi connectivity index (χ1) is 19.1. The molecular weight excluding hydrogens is 515 g/mol. The van der Waals surface area contributed by atoms with Crippen molar-refractivity contribution < 1.29 is 28.6 Å². The van der Waals surface area contributed by atoms with Gasteiger partial charge in [-0.25, -0.2) is 4.39 Å². The van der Waals surface area contributed by atoms with Crippen LogP contribution < -0.4 is 20.7 Å². The van der Waals surface area contributed by atoms with E-state index in [2.05, 4.69) is 16.0 Å². The van der Waals surface area contributed by atoms with Crippen molar-refractivity contribution in [3.05, 3.63) is 59.4 Å². The van der Waals surface area contributed by atoms with Gasteiger partial charge in [-0.1, -0.05) is 18.2 Å². The summed E-state index contributed by atoms with van der Waals surface area (Å²) in [6.45, 7) is 4.25. The number of hydrogen-bond acceptors (Lipinski definition) is 6. The van der Waals surface area contributed by atoms with Gasteiger partial charge in [0.2, 0.25) is 17.7 Å². The lowest BCUT2D eigenvalue weighted by Gasteiger charge is -2.31. The molecule has 0 saturated heterocycles. The van der Waals surface area contributed by atoms with Gasteiger partial charge in [-0.3, -0.25) is 14.4 Å². The maximum Gasteiger partial charge on any atom is 0.243 e. The summed E-state index contributed by atoms with van der Waals surface area (Å²) in [4.78, 5) is 41.4. The van der Waals surface area contributed by atoms with Crippen molar-refractivity contribution in [1.82, 2.24) is 20.9 Å². The summed E-state index contributed by atoms with van der Waals surface area (Å²) in [6, 6.07) is 8.68. The number of benzene rings is 2. The number of amides is 3. The van der Waals surface area contributed by atoms with Gasteiger partial charge in [0.25, 0.3) is 0 Å². The number of nitrogens with one attached hydrogen (secondary N) is 3. The summed E-state index contributed by atoms with van der Waals surface area (Å²) in [6.07, 6.45) is 2.70. The molecular formula is C30H39FN4O5. The lowest BCUT2D eigenvalue weighted by atomic mass is 10.0. The molecule has 1 saturated carbocycles. The second-order valence-corrected chi connectivity index (χ2v) is 10.8. The Kier molecular flexibility index (Phi) is 9.63. The Morgan fingerprint density at radius 2 is 1.77 bits per heavy atom. The number of phenols is 1. The Morgan fingerprint density at radius 3 is 2.48 bits per heavy atom. The zero-order valence-corrected chi connectivity index (χ0v) is 23.3.